The monoisotopic (exact) mass is 276 g/mol. The molecule has 0 bridgehead atoms. The SMILES string of the molecule is CC(C)(C)c1sc(C(C)(C)C)c2c1CC1CCC21C. The van der Waals surface area contributed by atoms with E-state index in [-0.39, 0.29) is 0 Å². The van der Waals surface area contributed by atoms with Crippen LogP contribution in [-0.2, 0) is 22.7 Å². The summed E-state index contributed by atoms with van der Waals surface area (Å²) < 4.78 is 0. The van der Waals surface area contributed by atoms with Crippen LogP contribution in [-0.4, -0.2) is 0 Å². The van der Waals surface area contributed by atoms with E-state index in [0.29, 0.717) is 16.2 Å². The molecule has 0 amide bonds. The number of hydrogen-bond acceptors (Lipinski definition) is 1. The van der Waals surface area contributed by atoms with Crippen molar-refractivity contribution in [2.45, 2.75) is 84.0 Å². The predicted molar refractivity (Wildman–Crippen MR) is 85.5 cm³/mol. The highest BCUT2D eigenvalue weighted by Gasteiger charge is 2.53. The fraction of sp³-hybridized carbons (Fsp3) is 0.778. The van der Waals surface area contributed by atoms with Crippen LogP contribution >= 0.6 is 11.3 Å². The van der Waals surface area contributed by atoms with Crippen LogP contribution in [0, 0.1) is 5.92 Å². The molecule has 0 N–H and O–H groups in total. The van der Waals surface area contributed by atoms with E-state index in [1.54, 1.807) is 20.9 Å². The summed E-state index contributed by atoms with van der Waals surface area (Å²) in [6.07, 6.45) is 4.21. The highest BCUT2D eigenvalue weighted by Crippen LogP contribution is 2.62. The van der Waals surface area contributed by atoms with Crippen molar-refractivity contribution in [1.29, 1.82) is 0 Å². The van der Waals surface area contributed by atoms with E-state index in [4.69, 9.17) is 0 Å². The van der Waals surface area contributed by atoms with E-state index in [9.17, 15) is 0 Å². The molecule has 2 atom stereocenters. The van der Waals surface area contributed by atoms with Gasteiger partial charge in [0.05, 0.1) is 0 Å². The minimum absolute atomic E-state index is 0.297. The normalized spacial score (nSPS) is 29.9. The van der Waals surface area contributed by atoms with Gasteiger partial charge in [0, 0.05) is 9.75 Å². The second-order valence-electron chi connectivity index (χ2n) is 8.97. The highest BCUT2D eigenvalue weighted by molar-refractivity contribution is 7.12. The molecule has 1 heteroatoms. The van der Waals surface area contributed by atoms with Crippen molar-refractivity contribution in [3.05, 3.63) is 20.9 Å². The standard InChI is InChI=1S/C18H28S/c1-16(2,3)14-12-10-11-8-9-18(11,7)13(12)15(19-14)17(4,5)6/h11H,8-10H2,1-7H3. The maximum atomic E-state index is 2.53. The van der Waals surface area contributed by atoms with Gasteiger partial charge in [0.15, 0.2) is 0 Å². The second kappa shape index (κ2) is 3.67. The van der Waals surface area contributed by atoms with Crippen molar-refractivity contribution in [3.8, 4) is 0 Å². The number of hydrogen-bond donors (Lipinski definition) is 0. The molecule has 1 aromatic heterocycles. The lowest BCUT2D eigenvalue weighted by molar-refractivity contribution is 0.162. The number of thiophene rings is 1. The van der Waals surface area contributed by atoms with E-state index in [1.807, 2.05) is 0 Å². The van der Waals surface area contributed by atoms with E-state index < -0.39 is 0 Å². The molecule has 2 unspecified atom stereocenters. The molecule has 0 aliphatic heterocycles. The zero-order chi connectivity index (χ0) is 14.2. The van der Waals surface area contributed by atoms with E-state index in [2.05, 4.69) is 59.8 Å². The third kappa shape index (κ3) is 1.77. The average Bonchev–Trinajstić information content (AvgIpc) is 2.68. The molecule has 2 aliphatic rings. The summed E-state index contributed by atoms with van der Waals surface area (Å²) in [5, 5.41) is 0. The summed E-state index contributed by atoms with van der Waals surface area (Å²) in [5.74, 6) is 0.938. The Morgan fingerprint density at radius 2 is 1.58 bits per heavy atom. The molecule has 3 rings (SSSR count). The molecule has 0 aromatic carbocycles. The Labute approximate surface area is 122 Å². The molecule has 2 aliphatic carbocycles. The smallest absolute Gasteiger partial charge is 0.0142 e. The first-order valence-electron chi connectivity index (χ1n) is 7.72. The third-order valence-corrected chi connectivity index (χ3v) is 7.39. The Hall–Kier alpha value is -0.300. The van der Waals surface area contributed by atoms with Crippen molar-refractivity contribution in [3.63, 3.8) is 0 Å². The summed E-state index contributed by atoms with van der Waals surface area (Å²) in [6, 6.07) is 0. The fourth-order valence-electron chi connectivity index (χ4n) is 4.08. The maximum absolute atomic E-state index is 2.53. The largest absolute Gasteiger partial charge is 0.144 e. The maximum Gasteiger partial charge on any atom is 0.0142 e. The van der Waals surface area contributed by atoms with E-state index in [1.165, 1.54) is 19.3 Å². The minimum Gasteiger partial charge on any atom is -0.144 e. The van der Waals surface area contributed by atoms with Gasteiger partial charge in [-0.2, -0.15) is 0 Å². The molecular formula is C18H28S. The van der Waals surface area contributed by atoms with Crippen molar-refractivity contribution in [2.75, 3.05) is 0 Å². The zero-order valence-electron chi connectivity index (χ0n) is 13.6. The predicted octanol–water partition coefficient (Wildman–Crippen LogP) is 5.57. The minimum atomic E-state index is 0.297. The number of rotatable bonds is 0. The van der Waals surface area contributed by atoms with Crippen LogP contribution in [0.25, 0.3) is 0 Å². The Morgan fingerprint density at radius 1 is 1.00 bits per heavy atom. The zero-order valence-corrected chi connectivity index (χ0v) is 14.4. The highest BCUT2D eigenvalue weighted by atomic mass is 32.1. The fourth-order valence-corrected chi connectivity index (χ4v) is 5.67. The third-order valence-electron chi connectivity index (χ3n) is 5.30. The quantitative estimate of drug-likeness (QED) is 0.581. The van der Waals surface area contributed by atoms with Gasteiger partial charge in [0.2, 0.25) is 0 Å². The summed E-state index contributed by atoms with van der Waals surface area (Å²) in [4.78, 5) is 3.35. The summed E-state index contributed by atoms with van der Waals surface area (Å²) >= 11 is 2.11. The van der Waals surface area contributed by atoms with Crippen LogP contribution in [0.4, 0.5) is 0 Å². The van der Waals surface area contributed by atoms with Gasteiger partial charge in [0.25, 0.3) is 0 Å². The van der Waals surface area contributed by atoms with Gasteiger partial charge in [-0.3, -0.25) is 0 Å². The Morgan fingerprint density at radius 3 is 2.00 bits per heavy atom. The van der Waals surface area contributed by atoms with Gasteiger partial charge in [-0.05, 0) is 52.6 Å². The lowest BCUT2D eigenvalue weighted by Gasteiger charge is -2.44. The van der Waals surface area contributed by atoms with Gasteiger partial charge >= 0.3 is 0 Å². The molecule has 0 saturated heterocycles. The van der Waals surface area contributed by atoms with Crippen molar-refractivity contribution in [1.82, 2.24) is 0 Å². The van der Waals surface area contributed by atoms with Crippen LogP contribution in [0.1, 0.15) is 82.2 Å². The van der Waals surface area contributed by atoms with Gasteiger partial charge < -0.3 is 0 Å². The first-order chi connectivity index (χ1) is 8.55. The van der Waals surface area contributed by atoms with Crippen LogP contribution < -0.4 is 0 Å². The van der Waals surface area contributed by atoms with Crippen molar-refractivity contribution < 1.29 is 0 Å². The topological polar surface area (TPSA) is 0 Å². The van der Waals surface area contributed by atoms with Crippen LogP contribution in [0.5, 0.6) is 0 Å². The molecule has 1 aromatic rings. The summed E-state index contributed by atoms with van der Waals surface area (Å²) in [5.41, 5.74) is 4.63. The lowest BCUT2D eigenvalue weighted by atomic mass is 9.60. The van der Waals surface area contributed by atoms with Gasteiger partial charge in [-0.25, -0.2) is 0 Å². The molecule has 1 fully saturated rings. The van der Waals surface area contributed by atoms with Crippen LogP contribution in [0.2, 0.25) is 0 Å². The number of fused-ring (bicyclic) bond motifs is 3. The lowest BCUT2D eigenvalue weighted by Crippen LogP contribution is -2.39. The summed E-state index contributed by atoms with van der Waals surface area (Å²) in [6.45, 7) is 16.8. The molecular weight excluding hydrogens is 248 g/mol. The Kier molecular flexibility index (Phi) is 2.64. The van der Waals surface area contributed by atoms with E-state index in [0.717, 1.165) is 5.92 Å². The molecule has 0 spiro atoms. The molecule has 1 saturated carbocycles. The molecule has 0 radical (unpaired) electrons. The summed E-state index contributed by atoms with van der Waals surface area (Å²) in [7, 11) is 0. The van der Waals surface area contributed by atoms with Gasteiger partial charge in [-0.15, -0.1) is 11.3 Å². The second-order valence-corrected chi connectivity index (χ2v) is 9.99. The Balaban J connectivity index is 2.25. The molecule has 19 heavy (non-hydrogen) atoms. The first-order valence-corrected chi connectivity index (χ1v) is 8.54. The van der Waals surface area contributed by atoms with Crippen LogP contribution in [0.3, 0.4) is 0 Å². The first kappa shape index (κ1) is 13.7. The molecule has 106 valence electrons. The molecule has 1 heterocycles. The van der Waals surface area contributed by atoms with Crippen LogP contribution in [0.15, 0.2) is 0 Å². The Bertz CT molecular complexity index is 521. The van der Waals surface area contributed by atoms with Crippen molar-refractivity contribution >= 4 is 11.3 Å². The van der Waals surface area contributed by atoms with E-state index >= 15 is 0 Å². The van der Waals surface area contributed by atoms with Gasteiger partial charge in [0.1, 0.15) is 0 Å². The van der Waals surface area contributed by atoms with Crippen molar-refractivity contribution in [2.24, 2.45) is 5.92 Å². The average molecular weight is 276 g/mol. The molecule has 0 nitrogen and oxygen atoms in total. The van der Waals surface area contributed by atoms with Gasteiger partial charge in [-0.1, -0.05) is 48.5 Å².